The van der Waals surface area contributed by atoms with E-state index in [4.69, 9.17) is 4.74 Å². The number of aromatic amines is 1. The van der Waals surface area contributed by atoms with Crippen LogP contribution < -0.4 is 10.1 Å². The second kappa shape index (κ2) is 6.42. The third kappa shape index (κ3) is 3.01. The zero-order chi connectivity index (χ0) is 19.1. The first-order valence-electron chi connectivity index (χ1n) is 8.75. The lowest BCUT2D eigenvalue weighted by molar-refractivity contribution is -0.383. The van der Waals surface area contributed by atoms with Gasteiger partial charge in [-0.15, -0.1) is 0 Å². The van der Waals surface area contributed by atoms with Gasteiger partial charge in [0, 0.05) is 23.4 Å². The number of hydrogen-bond donors (Lipinski definition) is 2. The maximum atomic E-state index is 12.8. The number of nitro benzene ring substituents is 1. The van der Waals surface area contributed by atoms with Gasteiger partial charge < -0.3 is 15.0 Å². The molecule has 1 aromatic heterocycles. The average Bonchev–Trinajstić information content (AvgIpc) is 3.06. The van der Waals surface area contributed by atoms with Crippen molar-refractivity contribution in [3.05, 3.63) is 68.9 Å². The summed E-state index contributed by atoms with van der Waals surface area (Å²) in [6, 6.07) is 10.3. The number of benzene rings is 2. The van der Waals surface area contributed by atoms with Gasteiger partial charge in [-0.1, -0.05) is 29.8 Å². The molecule has 0 fully saturated rings. The molecule has 0 radical (unpaired) electrons. The average molecular weight is 365 g/mol. The van der Waals surface area contributed by atoms with Crippen molar-refractivity contribution in [1.82, 2.24) is 10.3 Å². The highest BCUT2D eigenvalue weighted by Crippen LogP contribution is 2.36. The van der Waals surface area contributed by atoms with Crippen molar-refractivity contribution < 1.29 is 14.5 Å². The zero-order valence-electron chi connectivity index (χ0n) is 15.0. The van der Waals surface area contributed by atoms with E-state index in [9.17, 15) is 14.9 Å². The summed E-state index contributed by atoms with van der Waals surface area (Å²) in [6.45, 7) is 4.53. The number of rotatable bonds is 3. The molecule has 7 nitrogen and oxygen atoms in total. The number of nitro groups is 1. The fraction of sp³-hybridized carbons (Fsp3) is 0.250. The van der Waals surface area contributed by atoms with Crippen LogP contribution in [0.5, 0.6) is 5.75 Å². The van der Waals surface area contributed by atoms with E-state index in [0.29, 0.717) is 29.6 Å². The molecule has 1 aliphatic rings. The molecule has 1 amide bonds. The van der Waals surface area contributed by atoms with Gasteiger partial charge in [0.15, 0.2) is 0 Å². The standard InChI is InChI=1S/C20H19N3O4/c1-11-8-12(2)19-14(9-11)15(6-7-27-19)22-20(24)16-10-13-4-3-5-17(23(25)26)18(13)21-16/h3-5,8-10,15,21H,6-7H2,1-2H3,(H,22,24). The molecule has 7 heteroatoms. The van der Waals surface area contributed by atoms with E-state index >= 15 is 0 Å². The lowest BCUT2D eigenvalue weighted by Gasteiger charge is -2.28. The second-order valence-electron chi connectivity index (χ2n) is 6.84. The van der Waals surface area contributed by atoms with Crippen LogP contribution in [-0.4, -0.2) is 22.4 Å². The van der Waals surface area contributed by atoms with Crippen molar-refractivity contribution in [3.8, 4) is 5.75 Å². The van der Waals surface area contributed by atoms with Crippen LogP contribution in [-0.2, 0) is 0 Å². The van der Waals surface area contributed by atoms with E-state index in [1.807, 2.05) is 19.9 Å². The highest BCUT2D eigenvalue weighted by atomic mass is 16.6. The van der Waals surface area contributed by atoms with Crippen LogP contribution in [0.4, 0.5) is 5.69 Å². The number of nitrogens with one attached hydrogen (secondary N) is 2. The van der Waals surface area contributed by atoms with E-state index in [1.165, 1.54) is 6.07 Å². The number of hydrogen-bond acceptors (Lipinski definition) is 4. The number of ether oxygens (including phenoxy) is 1. The van der Waals surface area contributed by atoms with Gasteiger partial charge in [-0.05, 0) is 25.5 Å². The number of amides is 1. The number of carbonyl (C=O) groups excluding carboxylic acids is 1. The highest BCUT2D eigenvalue weighted by molar-refractivity contribution is 6.00. The van der Waals surface area contributed by atoms with Gasteiger partial charge in [0.05, 0.1) is 17.6 Å². The van der Waals surface area contributed by atoms with Gasteiger partial charge in [0.25, 0.3) is 11.6 Å². The normalized spacial score (nSPS) is 15.9. The Bertz CT molecular complexity index is 1070. The van der Waals surface area contributed by atoms with Gasteiger partial charge in [-0.3, -0.25) is 14.9 Å². The SMILES string of the molecule is Cc1cc(C)c2c(c1)C(NC(=O)c1cc3cccc([N+](=O)[O-])c3[nH]1)CCO2. The Hall–Kier alpha value is -3.35. The lowest BCUT2D eigenvalue weighted by Crippen LogP contribution is -2.32. The van der Waals surface area contributed by atoms with E-state index in [2.05, 4.69) is 16.4 Å². The second-order valence-corrected chi connectivity index (χ2v) is 6.84. The zero-order valence-corrected chi connectivity index (χ0v) is 15.0. The highest BCUT2D eigenvalue weighted by Gasteiger charge is 2.26. The molecule has 0 aliphatic carbocycles. The Kier molecular flexibility index (Phi) is 4.07. The summed E-state index contributed by atoms with van der Waals surface area (Å²) < 4.78 is 5.78. The van der Waals surface area contributed by atoms with Crippen molar-refractivity contribution in [1.29, 1.82) is 0 Å². The minimum atomic E-state index is -0.458. The van der Waals surface area contributed by atoms with E-state index in [0.717, 1.165) is 22.4 Å². The minimum Gasteiger partial charge on any atom is -0.493 e. The van der Waals surface area contributed by atoms with Crippen molar-refractivity contribution in [2.24, 2.45) is 0 Å². The van der Waals surface area contributed by atoms with Crippen molar-refractivity contribution in [3.63, 3.8) is 0 Å². The largest absolute Gasteiger partial charge is 0.493 e. The maximum absolute atomic E-state index is 12.8. The number of non-ortho nitro benzene ring substituents is 1. The number of carbonyl (C=O) groups is 1. The quantitative estimate of drug-likeness (QED) is 0.542. The molecule has 27 heavy (non-hydrogen) atoms. The number of nitrogens with zero attached hydrogens (tertiary/aromatic N) is 1. The molecule has 0 bridgehead atoms. The Morgan fingerprint density at radius 2 is 2.11 bits per heavy atom. The van der Waals surface area contributed by atoms with E-state index in [1.54, 1.807) is 18.2 Å². The molecular weight excluding hydrogens is 346 g/mol. The van der Waals surface area contributed by atoms with E-state index < -0.39 is 4.92 Å². The van der Waals surface area contributed by atoms with Gasteiger partial charge in [-0.2, -0.15) is 0 Å². The first kappa shape index (κ1) is 17.1. The number of aromatic nitrogens is 1. The summed E-state index contributed by atoms with van der Waals surface area (Å²) in [5.41, 5.74) is 3.73. The molecule has 1 aliphatic heterocycles. The number of aryl methyl sites for hydroxylation is 2. The fourth-order valence-electron chi connectivity index (χ4n) is 3.68. The van der Waals surface area contributed by atoms with Gasteiger partial charge in [0.1, 0.15) is 17.0 Å². The molecule has 2 heterocycles. The van der Waals surface area contributed by atoms with E-state index in [-0.39, 0.29) is 17.6 Å². The Morgan fingerprint density at radius 3 is 2.89 bits per heavy atom. The van der Waals surface area contributed by atoms with Crippen LogP contribution in [0.3, 0.4) is 0 Å². The molecule has 2 aromatic carbocycles. The van der Waals surface area contributed by atoms with Gasteiger partial charge >= 0.3 is 0 Å². The first-order valence-corrected chi connectivity index (χ1v) is 8.75. The van der Waals surface area contributed by atoms with Crippen molar-refractivity contribution >= 4 is 22.5 Å². The Balaban J connectivity index is 1.65. The summed E-state index contributed by atoms with van der Waals surface area (Å²) in [4.78, 5) is 26.4. The lowest BCUT2D eigenvalue weighted by atomic mass is 9.95. The topological polar surface area (TPSA) is 97.3 Å². The number of para-hydroxylation sites is 1. The predicted octanol–water partition coefficient (Wildman–Crippen LogP) is 3.95. The summed E-state index contributed by atoms with van der Waals surface area (Å²) in [5.74, 6) is 0.530. The molecular formula is C20H19N3O4. The van der Waals surface area contributed by atoms with Crippen LogP contribution in [0, 0.1) is 24.0 Å². The van der Waals surface area contributed by atoms with Crippen LogP contribution in [0.25, 0.3) is 10.9 Å². The maximum Gasteiger partial charge on any atom is 0.293 e. The fourth-order valence-corrected chi connectivity index (χ4v) is 3.68. The van der Waals surface area contributed by atoms with Crippen LogP contribution >= 0.6 is 0 Å². The molecule has 3 aromatic rings. The minimum absolute atomic E-state index is 0.0470. The van der Waals surface area contributed by atoms with Crippen molar-refractivity contribution in [2.75, 3.05) is 6.61 Å². The summed E-state index contributed by atoms with van der Waals surface area (Å²) in [5, 5.41) is 14.9. The van der Waals surface area contributed by atoms with Gasteiger partial charge in [0.2, 0.25) is 0 Å². The predicted molar refractivity (Wildman–Crippen MR) is 101 cm³/mol. The van der Waals surface area contributed by atoms with Gasteiger partial charge in [-0.25, -0.2) is 0 Å². The van der Waals surface area contributed by atoms with Crippen molar-refractivity contribution in [2.45, 2.75) is 26.3 Å². The first-order chi connectivity index (χ1) is 12.9. The van der Waals surface area contributed by atoms with Crippen LogP contribution in [0.2, 0.25) is 0 Å². The summed E-state index contributed by atoms with van der Waals surface area (Å²) in [6.07, 6.45) is 0.669. The Labute approximate surface area is 155 Å². The third-order valence-electron chi connectivity index (χ3n) is 4.86. The summed E-state index contributed by atoms with van der Waals surface area (Å²) >= 11 is 0. The monoisotopic (exact) mass is 365 g/mol. The summed E-state index contributed by atoms with van der Waals surface area (Å²) in [7, 11) is 0. The number of H-pyrrole nitrogens is 1. The molecule has 0 saturated heterocycles. The Morgan fingerprint density at radius 1 is 1.30 bits per heavy atom. The van der Waals surface area contributed by atoms with Crippen LogP contribution in [0.1, 0.15) is 39.6 Å². The third-order valence-corrected chi connectivity index (χ3v) is 4.86. The molecule has 0 saturated carbocycles. The smallest absolute Gasteiger partial charge is 0.293 e. The molecule has 1 atom stereocenters. The molecule has 2 N–H and O–H groups in total. The molecule has 4 rings (SSSR count). The van der Waals surface area contributed by atoms with Crippen LogP contribution in [0.15, 0.2) is 36.4 Å². The molecule has 1 unspecified atom stereocenters. The molecule has 138 valence electrons. The number of fused-ring (bicyclic) bond motifs is 2. The molecule has 0 spiro atoms.